The van der Waals surface area contributed by atoms with Gasteiger partial charge in [0.25, 0.3) is 0 Å². The van der Waals surface area contributed by atoms with Gasteiger partial charge in [0, 0.05) is 23.9 Å². The molecule has 2 aromatic rings. The zero-order valence-electron chi connectivity index (χ0n) is 13.6. The zero-order chi connectivity index (χ0) is 18.1. The van der Waals surface area contributed by atoms with E-state index in [0.29, 0.717) is 11.6 Å². The van der Waals surface area contributed by atoms with E-state index < -0.39 is 4.92 Å². The quantitative estimate of drug-likeness (QED) is 0.334. The summed E-state index contributed by atoms with van der Waals surface area (Å²) in [6, 6.07) is 6.98. The number of anilines is 3. The third-order valence-corrected chi connectivity index (χ3v) is 3.70. The van der Waals surface area contributed by atoms with E-state index in [1.807, 2.05) is 0 Å². The van der Waals surface area contributed by atoms with E-state index in [0.717, 1.165) is 31.4 Å². The number of hydrogen-bond acceptors (Lipinski definition) is 7. The van der Waals surface area contributed by atoms with Crippen LogP contribution in [0.2, 0.25) is 5.02 Å². The van der Waals surface area contributed by atoms with Gasteiger partial charge in [0.2, 0.25) is 11.8 Å². The van der Waals surface area contributed by atoms with E-state index in [9.17, 15) is 10.1 Å². The molecule has 1 aromatic carbocycles. The number of nitro groups is 1. The Bertz CT molecular complexity index is 697. The van der Waals surface area contributed by atoms with Crippen molar-refractivity contribution in [1.82, 2.24) is 9.97 Å². The first kappa shape index (κ1) is 18.9. The number of unbranched alkanes of at least 4 members (excludes halogenated alkanes) is 3. The second-order valence-electron chi connectivity index (χ2n) is 5.38. The molecule has 0 saturated carbocycles. The molecule has 25 heavy (non-hydrogen) atoms. The Morgan fingerprint density at radius 2 is 1.88 bits per heavy atom. The smallest absolute Gasteiger partial charge is 0.329 e. The van der Waals surface area contributed by atoms with Crippen molar-refractivity contribution in [3.63, 3.8) is 0 Å². The Morgan fingerprint density at radius 3 is 2.56 bits per heavy atom. The van der Waals surface area contributed by atoms with Crippen LogP contribution in [0.15, 0.2) is 30.5 Å². The van der Waals surface area contributed by atoms with E-state index >= 15 is 0 Å². The fourth-order valence-electron chi connectivity index (χ4n) is 2.16. The Morgan fingerprint density at radius 1 is 1.16 bits per heavy atom. The molecular weight excluding hydrogens is 346 g/mol. The maximum atomic E-state index is 11.1. The van der Waals surface area contributed by atoms with Gasteiger partial charge in [-0.25, -0.2) is 4.98 Å². The third-order valence-electron chi connectivity index (χ3n) is 3.44. The molecule has 2 rings (SSSR count). The highest BCUT2D eigenvalue weighted by Crippen LogP contribution is 2.24. The molecule has 0 bridgehead atoms. The topological polar surface area (TPSA) is 113 Å². The zero-order valence-corrected chi connectivity index (χ0v) is 14.4. The van der Waals surface area contributed by atoms with Crippen molar-refractivity contribution in [2.75, 3.05) is 23.8 Å². The van der Waals surface area contributed by atoms with Gasteiger partial charge >= 0.3 is 5.69 Å². The Hall–Kier alpha value is -2.45. The van der Waals surface area contributed by atoms with Crippen LogP contribution in [0.1, 0.15) is 25.7 Å². The number of benzene rings is 1. The SMILES string of the molecule is O=[N+]([O-])c1cnc(Nc2ccc(Cl)cc2)nc1NCCCCCCO. The average molecular weight is 366 g/mol. The summed E-state index contributed by atoms with van der Waals surface area (Å²) in [5.41, 5.74) is 0.560. The molecular formula is C16H20ClN5O3. The van der Waals surface area contributed by atoms with Crippen LogP contribution in [0.5, 0.6) is 0 Å². The summed E-state index contributed by atoms with van der Waals surface area (Å²) in [4.78, 5) is 18.8. The van der Waals surface area contributed by atoms with Crippen molar-refractivity contribution in [1.29, 1.82) is 0 Å². The number of aromatic nitrogens is 2. The Kier molecular flexibility index (Phi) is 7.36. The first-order chi connectivity index (χ1) is 12.1. The monoisotopic (exact) mass is 365 g/mol. The lowest BCUT2D eigenvalue weighted by atomic mass is 10.2. The first-order valence-electron chi connectivity index (χ1n) is 7.99. The summed E-state index contributed by atoms with van der Waals surface area (Å²) in [5.74, 6) is 0.439. The summed E-state index contributed by atoms with van der Waals surface area (Å²) >= 11 is 5.84. The Balaban J connectivity index is 2.02. The number of rotatable bonds is 10. The van der Waals surface area contributed by atoms with E-state index in [4.69, 9.17) is 16.7 Å². The van der Waals surface area contributed by atoms with Crippen LogP contribution in [0.25, 0.3) is 0 Å². The molecule has 0 atom stereocenters. The molecule has 134 valence electrons. The number of nitrogens with zero attached hydrogens (tertiary/aromatic N) is 3. The standard InChI is InChI=1S/C16H20ClN5O3/c17-12-5-7-13(8-6-12)20-16-19-11-14(22(24)25)15(21-16)18-9-3-1-2-4-10-23/h5-8,11,23H,1-4,9-10H2,(H2,18,19,20,21). The van der Waals surface area contributed by atoms with Gasteiger partial charge in [-0.05, 0) is 37.1 Å². The summed E-state index contributed by atoms with van der Waals surface area (Å²) in [6.07, 6.45) is 4.64. The van der Waals surface area contributed by atoms with Gasteiger partial charge in [-0.1, -0.05) is 24.4 Å². The van der Waals surface area contributed by atoms with Crippen LogP contribution in [0, 0.1) is 10.1 Å². The van der Waals surface area contributed by atoms with E-state index in [2.05, 4.69) is 20.6 Å². The molecule has 0 aliphatic carbocycles. The average Bonchev–Trinajstić information content (AvgIpc) is 2.60. The first-order valence-corrected chi connectivity index (χ1v) is 8.36. The maximum Gasteiger partial charge on any atom is 0.329 e. The summed E-state index contributed by atoms with van der Waals surface area (Å²) < 4.78 is 0. The molecule has 3 N–H and O–H groups in total. The number of nitrogens with one attached hydrogen (secondary N) is 2. The fourth-order valence-corrected chi connectivity index (χ4v) is 2.28. The number of aliphatic hydroxyl groups excluding tert-OH is 1. The van der Waals surface area contributed by atoms with Crippen molar-refractivity contribution in [3.05, 3.63) is 45.6 Å². The number of halogens is 1. The second-order valence-corrected chi connectivity index (χ2v) is 5.82. The lowest BCUT2D eigenvalue weighted by molar-refractivity contribution is -0.384. The van der Waals surface area contributed by atoms with Crippen molar-refractivity contribution in [2.45, 2.75) is 25.7 Å². The van der Waals surface area contributed by atoms with E-state index in [1.54, 1.807) is 24.3 Å². The molecule has 0 fully saturated rings. The van der Waals surface area contributed by atoms with Crippen LogP contribution in [0.4, 0.5) is 23.1 Å². The lowest BCUT2D eigenvalue weighted by Crippen LogP contribution is -2.09. The summed E-state index contributed by atoms with van der Waals surface area (Å²) in [6.45, 7) is 0.744. The largest absolute Gasteiger partial charge is 0.396 e. The van der Waals surface area contributed by atoms with Gasteiger partial charge in [0.05, 0.1) is 4.92 Å². The minimum atomic E-state index is -0.514. The lowest BCUT2D eigenvalue weighted by Gasteiger charge is -2.09. The van der Waals surface area contributed by atoms with E-state index in [-0.39, 0.29) is 24.1 Å². The maximum absolute atomic E-state index is 11.1. The summed E-state index contributed by atoms with van der Waals surface area (Å²) in [5, 5.41) is 26.5. The van der Waals surface area contributed by atoms with Crippen molar-refractivity contribution in [2.24, 2.45) is 0 Å². The van der Waals surface area contributed by atoms with Crippen molar-refractivity contribution >= 4 is 34.7 Å². The molecule has 1 heterocycles. The van der Waals surface area contributed by atoms with Crippen LogP contribution in [-0.2, 0) is 0 Å². The molecule has 0 amide bonds. The van der Waals surface area contributed by atoms with Crippen LogP contribution >= 0.6 is 11.6 Å². The van der Waals surface area contributed by atoms with Crippen LogP contribution in [0.3, 0.4) is 0 Å². The van der Waals surface area contributed by atoms with Crippen molar-refractivity contribution in [3.8, 4) is 0 Å². The van der Waals surface area contributed by atoms with E-state index in [1.165, 1.54) is 6.20 Å². The highest BCUT2D eigenvalue weighted by molar-refractivity contribution is 6.30. The third kappa shape index (κ3) is 6.17. The molecule has 0 radical (unpaired) electrons. The second kappa shape index (κ2) is 9.75. The molecule has 9 heteroatoms. The number of aliphatic hydroxyl groups is 1. The van der Waals surface area contributed by atoms with Crippen LogP contribution in [-0.4, -0.2) is 33.1 Å². The van der Waals surface area contributed by atoms with Gasteiger partial charge < -0.3 is 15.7 Å². The molecule has 0 spiro atoms. The van der Waals surface area contributed by atoms with Gasteiger partial charge in [-0.3, -0.25) is 10.1 Å². The highest BCUT2D eigenvalue weighted by Gasteiger charge is 2.17. The predicted octanol–water partition coefficient (Wildman–Crippen LogP) is 3.75. The molecule has 0 unspecified atom stereocenters. The van der Waals surface area contributed by atoms with Gasteiger partial charge in [-0.2, -0.15) is 4.98 Å². The molecule has 0 saturated heterocycles. The van der Waals surface area contributed by atoms with Crippen molar-refractivity contribution < 1.29 is 10.0 Å². The normalized spacial score (nSPS) is 10.5. The van der Waals surface area contributed by atoms with Gasteiger partial charge in [0.1, 0.15) is 6.20 Å². The fraction of sp³-hybridized carbons (Fsp3) is 0.375. The molecule has 8 nitrogen and oxygen atoms in total. The summed E-state index contributed by atoms with van der Waals surface area (Å²) in [7, 11) is 0. The number of hydrogen-bond donors (Lipinski definition) is 3. The van der Waals surface area contributed by atoms with Crippen LogP contribution < -0.4 is 10.6 Å². The molecule has 0 aliphatic heterocycles. The van der Waals surface area contributed by atoms with Gasteiger partial charge in [-0.15, -0.1) is 0 Å². The Labute approximate surface area is 150 Å². The minimum absolute atomic E-state index is 0.169. The molecule has 1 aromatic heterocycles. The molecule has 0 aliphatic rings. The van der Waals surface area contributed by atoms with Gasteiger partial charge in [0.15, 0.2) is 0 Å². The predicted molar refractivity (Wildman–Crippen MR) is 97.5 cm³/mol. The minimum Gasteiger partial charge on any atom is -0.396 e. The highest BCUT2D eigenvalue weighted by atomic mass is 35.5.